The van der Waals surface area contributed by atoms with Crippen LogP contribution in [0.2, 0.25) is 0 Å². The van der Waals surface area contributed by atoms with E-state index in [0.29, 0.717) is 12.3 Å². The van der Waals surface area contributed by atoms with Crippen molar-refractivity contribution < 1.29 is 9.63 Å². The largest absolute Gasteiger partial charge is 0.390 e. The molecule has 1 aromatic carbocycles. The van der Waals surface area contributed by atoms with Crippen LogP contribution in [0.4, 0.5) is 0 Å². The van der Waals surface area contributed by atoms with Crippen molar-refractivity contribution in [2.45, 2.75) is 46.6 Å². The molecule has 1 aromatic rings. The fourth-order valence-corrected chi connectivity index (χ4v) is 1.99. The van der Waals surface area contributed by atoms with E-state index in [9.17, 15) is 4.79 Å². The predicted molar refractivity (Wildman–Crippen MR) is 83.2 cm³/mol. The minimum absolute atomic E-state index is 0.0174. The number of hydrogen-bond donors (Lipinski definition) is 2. The molecular formula is C17H24N2O2. The average Bonchev–Trinajstić information content (AvgIpc) is 2.74. The first-order valence-corrected chi connectivity index (χ1v) is 7.22. The Morgan fingerprint density at radius 2 is 1.90 bits per heavy atom. The Hall–Kier alpha value is -1.81. The first-order valence-electron chi connectivity index (χ1n) is 7.22. The lowest BCUT2D eigenvalue weighted by Gasteiger charge is -2.35. The maximum Gasteiger partial charge on any atom is 0.231 e. The topological polar surface area (TPSA) is 50.4 Å². The predicted octanol–water partition coefficient (Wildman–Crippen LogP) is 2.83. The van der Waals surface area contributed by atoms with Gasteiger partial charge in [-0.05, 0) is 24.8 Å². The molecule has 0 aromatic heterocycles. The number of carbonyl (C=O) groups excluding carboxylic acids is 1. The summed E-state index contributed by atoms with van der Waals surface area (Å²) < 4.78 is 0. The molecule has 4 heteroatoms. The van der Waals surface area contributed by atoms with Crippen LogP contribution in [0, 0.1) is 12.3 Å². The first kappa shape index (κ1) is 15.6. The van der Waals surface area contributed by atoms with Gasteiger partial charge in [-0.25, -0.2) is 0 Å². The monoisotopic (exact) mass is 288 g/mol. The van der Waals surface area contributed by atoms with Gasteiger partial charge in [0.2, 0.25) is 11.8 Å². The van der Waals surface area contributed by atoms with Gasteiger partial charge >= 0.3 is 0 Å². The van der Waals surface area contributed by atoms with Gasteiger partial charge in [0, 0.05) is 6.08 Å². The Bertz CT molecular complexity index is 555. The van der Waals surface area contributed by atoms with Crippen LogP contribution in [-0.4, -0.2) is 11.4 Å². The number of amides is 1. The van der Waals surface area contributed by atoms with Gasteiger partial charge in [0.25, 0.3) is 0 Å². The third kappa shape index (κ3) is 3.64. The number of rotatable bonds is 3. The highest BCUT2D eigenvalue weighted by Gasteiger charge is 2.41. The van der Waals surface area contributed by atoms with Crippen molar-refractivity contribution >= 4 is 5.91 Å². The van der Waals surface area contributed by atoms with E-state index in [4.69, 9.17) is 4.84 Å². The molecule has 1 heterocycles. The highest BCUT2D eigenvalue weighted by molar-refractivity contribution is 5.80. The normalized spacial score (nSPS) is 21.7. The molecular weight excluding hydrogens is 264 g/mol. The van der Waals surface area contributed by atoms with Crippen molar-refractivity contribution in [1.29, 1.82) is 0 Å². The lowest BCUT2D eigenvalue weighted by molar-refractivity contribution is -0.121. The molecule has 0 bridgehead atoms. The molecule has 2 N–H and O–H groups in total. The van der Waals surface area contributed by atoms with Crippen LogP contribution < -0.4 is 10.8 Å². The Morgan fingerprint density at radius 3 is 2.43 bits per heavy atom. The highest BCUT2D eigenvalue weighted by atomic mass is 16.7. The van der Waals surface area contributed by atoms with Crippen LogP contribution in [0.1, 0.15) is 38.8 Å². The Labute approximate surface area is 126 Å². The molecule has 1 aliphatic rings. The molecule has 0 radical (unpaired) electrons. The molecule has 0 aliphatic carbocycles. The molecule has 114 valence electrons. The molecule has 1 aliphatic heterocycles. The standard InChI is InChI=1S/C17H24N2O2/c1-12-6-8-13(9-7-12)10-14(20)18-15-11-17(5,19-21-15)16(2,3)4/h6-9,11,19H,10H2,1-5H3,(H,18,20). The van der Waals surface area contributed by atoms with E-state index in [1.54, 1.807) is 0 Å². The Kier molecular flexibility index (Phi) is 4.10. The van der Waals surface area contributed by atoms with Gasteiger partial charge in [-0.3, -0.25) is 10.1 Å². The lowest BCUT2D eigenvalue weighted by atomic mass is 9.76. The van der Waals surface area contributed by atoms with E-state index in [0.717, 1.165) is 5.56 Å². The number of hydrogen-bond acceptors (Lipinski definition) is 3. The van der Waals surface area contributed by atoms with Crippen LogP contribution in [0.5, 0.6) is 0 Å². The summed E-state index contributed by atoms with van der Waals surface area (Å²) in [4.78, 5) is 17.5. The molecule has 0 spiro atoms. The lowest BCUT2D eigenvalue weighted by Crippen LogP contribution is -2.47. The fourth-order valence-electron chi connectivity index (χ4n) is 1.99. The Morgan fingerprint density at radius 1 is 1.29 bits per heavy atom. The maximum atomic E-state index is 12.1. The smallest absolute Gasteiger partial charge is 0.231 e. The summed E-state index contributed by atoms with van der Waals surface area (Å²) in [7, 11) is 0. The van der Waals surface area contributed by atoms with Crippen LogP contribution >= 0.6 is 0 Å². The summed E-state index contributed by atoms with van der Waals surface area (Å²) in [6.45, 7) is 10.4. The van der Waals surface area contributed by atoms with Gasteiger partial charge in [-0.2, -0.15) is 0 Å². The summed E-state index contributed by atoms with van der Waals surface area (Å²) >= 11 is 0. The van der Waals surface area contributed by atoms with E-state index in [-0.39, 0.29) is 16.9 Å². The average molecular weight is 288 g/mol. The van der Waals surface area contributed by atoms with Gasteiger partial charge in [0.15, 0.2) is 0 Å². The van der Waals surface area contributed by atoms with Gasteiger partial charge in [0.05, 0.1) is 12.0 Å². The summed E-state index contributed by atoms with van der Waals surface area (Å²) in [5.74, 6) is 0.398. The van der Waals surface area contributed by atoms with Crippen molar-refractivity contribution in [3.05, 3.63) is 47.4 Å². The zero-order valence-electron chi connectivity index (χ0n) is 13.4. The first-order chi connectivity index (χ1) is 9.69. The Balaban J connectivity index is 1.98. The second-order valence-corrected chi connectivity index (χ2v) is 6.88. The molecule has 1 atom stereocenters. The fraction of sp³-hybridized carbons (Fsp3) is 0.471. The molecule has 0 saturated heterocycles. The second kappa shape index (κ2) is 5.53. The van der Waals surface area contributed by atoms with Crippen molar-refractivity contribution in [2.24, 2.45) is 5.41 Å². The third-order valence-corrected chi connectivity index (χ3v) is 4.10. The minimum atomic E-state index is -0.306. The third-order valence-electron chi connectivity index (χ3n) is 4.10. The van der Waals surface area contributed by atoms with Crippen LogP contribution in [0.15, 0.2) is 36.2 Å². The minimum Gasteiger partial charge on any atom is -0.390 e. The second-order valence-electron chi connectivity index (χ2n) is 6.88. The van der Waals surface area contributed by atoms with Gasteiger partial charge in [0.1, 0.15) is 0 Å². The van der Waals surface area contributed by atoms with Crippen molar-refractivity contribution in [2.75, 3.05) is 0 Å². The van der Waals surface area contributed by atoms with Crippen LogP contribution in [0.3, 0.4) is 0 Å². The number of carbonyl (C=O) groups is 1. The van der Waals surface area contributed by atoms with E-state index >= 15 is 0 Å². The zero-order chi connectivity index (χ0) is 15.7. The summed E-state index contributed by atoms with van der Waals surface area (Å²) in [6, 6.07) is 7.95. The van der Waals surface area contributed by atoms with E-state index in [2.05, 4.69) is 31.6 Å². The SMILES string of the molecule is Cc1ccc(CC(=O)NC2=CC(C)(C(C)(C)C)NO2)cc1. The summed E-state index contributed by atoms with van der Waals surface area (Å²) in [5, 5.41) is 2.81. The van der Waals surface area contributed by atoms with Crippen molar-refractivity contribution in [1.82, 2.24) is 10.8 Å². The van der Waals surface area contributed by atoms with Gasteiger partial charge < -0.3 is 4.84 Å². The van der Waals surface area contributed by atoms with Crippen LogP contribution in [0.25, 0.3) is 0 Å². The van der Waals surface area contributed by atoms with E-state index in [1.807, 2.05) is 44.2 Å². The molecule has 4 nitrogen and oxygen atoms in total. The quantitative estimate of drug-likeness (QED) is 0.899. The highest BCUT2D eigenvalue weighted by Crippen LogP contribution is 2.34. The molecule has 21 heavy (non-hydrogen) atoms. The molecule has 0 saturated carbocycles. The van der Waals surface area contributed by atoms with Crippen LogP contribution in [-0.2, 0) is 16.1 Å². The summed E-state index contributed by atoms with van der Waals surface area (Å²) in [6.07, 6.45) is 2.27. The van der Waals surface area contributed by atoms with Gasteiger partial charge in [-0.15, -0.1) is 5.48 Å². The summed E-state index contributed by atoms with van der Waals surface area (Å²) in [5.41, 5.74) is 4.84. The van der Waals surface area contributed by atoms with Crippen molar-refractivity contribution in [3.63, 3.8) is 0 Å². The molecule has 2 rings (SSSR count). The zero-order valence-corrected chi connectivity index (χ0v) is 13.4. The number of benzene rings is 1. The molecule has 0 fully saturated rings. The number of hydroxylamine groups is 1. The number of aryl methyl sites for hydroxylation is 1. The van der Waals surface area contributed by atoms with Crippen molar-refractivity contribution in [3.8, 4) is 0 Å². The maximum absolute atomic E-state index is 12.1. The van der Waals surface area contributed by atoms with E-state index < -0.39 is 0 Å². The van der Waals surface area contributed by atoms with E-state index in [1.165, 1.54) is 5.56 Å². The molecule has 1 unspecified atom stereocenters. The number of nitrogens with one attached hydrogen (secondary N) is 2. The molecule has 1 amide bonds. The van der Waals surface area contributed by atoms with Gasteiger partial charge in [-0.1, -0.05) is 50.6 Å².